The molecule has 0 aromatic rings. The third-order valence-corrected chi connectivity index (χ3v) is 5.55. The molecule has 0 bridgehead atoms. The van der Waals surface area contributed by atoms with Gasteiger partial charge in [0, 0.05) is 19.6 Å². The summed E-state index contributed by atoms with van der Waals surface area (Å²) in [6.07, 6.45) is -1.06. The maximum absolute atomic E-state index is 12.6. The van der Waals surface area contributed by atoms with Gasteiger partial charge in [0.15, 0.2) is 0 Å². The van der Waals surface area contributed by atoms with Crippen LogP contribution in [-0.2, 0) is 9.59 Å². The number of hydrogen-bond donors (Lipinski definition) is 1. The van der Waals surface area contributed by atoms with Crippen molar-refractivity contribution >= 4 is 17.8 Å². The smallest absolute Gasteiger partial charge is 0.332 e. The van der Waals surface area contributed by atoms with Crippen molar-refractivity contribution in [1.29, 1.82) is 0 Å². The molecular weight excluding hydrogens is 353 g/mol. The highest BCUT2D eigenvalue weighted by Crippen LogP contribution is 2.35. The van der Waals surface area contributed by atoms with Gasteiger partial charge in [-0.3, -0.25) is 19.4 Å². The number of nitrogens with one attached hydrogen (secondary N) is 1. The van der Waals surface area contributed by atoms with E-state index in [1.165, 1.54) is 0 Å². The minimum Gasteiger partial charge on any atom is -0.332 e. The summed E-state index contributed by atoms with van der Waals surface area (Å²) >= 11 is 0. The lowest BCUT2D eigenvalue weighted by molar-refractivity contribution is -0.159. The number of likely N-dealkylation sites (tertiary alicyclic amines) is 1. The first-order valence-corrected chi connectivity index (χ1v) is 8.83. The van der Waals surface area contributed by atoms with Crippen LogP contribution in [0.25, 0.3) is 0 Å². The highest BCUT2D eigenvalue weighted by atomic mass is 19.4. The molecule has 2 aliphatic heterocycles. The molecule has 0 aromatic carbocycles. The SMILES string of the molecule is CN(CCN1C(=O)NC2(CCCC2)C1=O)[C@@H]1CCN(CC(F)(F)F)C1=O. The number of likely N-dealkylation sites (N-methyl/N-ethyl adjacent to an activating group) is 1. The number of rotatable bonds is 5. The highest BCUT2D eigenvalue weighted by Gasteiger charge is 2.52. The lowest BCUT2D eigenvalue weighted by Gasteiger charge is -2.26. The van der Waals surface area contributed by atoms with E-state index in [9.17, 15) is 27.6 Å². The molecule has 0 unspecified atom stereocenters. The molecule has 0 radical (unpaired) electrons. The van der Waals surface area contributed by atoms with Crippen molar-refractivity contribution in [2.24, 2.45) is 0 Å². The number of amides is 4. The van der Waals surface area contributed by atoms with Crippen LogP contribution in [0.2, 0.25) is 0 Å². The Balaban J connectivity index is 1.54. The van der Waals surface area contributed by atoms with Crippen molar-refractivity contribution in [3.8, 4) is 0 Å². The molecule has 1 N–H and O–H groups in total. The number of halogens is 3. The van der Waals surface area contributed by atoms with Crippen molar-refractivity contribution < 1.29 is 27.6 Å². The van der Waals surface area contributed by atoms with Crippen molar-refractivity contribution in [1.82, 2.24) is 20.0 Å². The number of nitrogens with zero attached hydrogens (tertiary/aromatic N) is 3. The molecule has 26 heavy (non-hydrogen) atoms. The lowest BCUT2D eigenvalue weighted by Crippen LogP contribution is -2.46. The van der Waals surface area contributed by atoms with Gasteiger partial charge in [0.25, 0.3) is 5.91 Å². The third-order valence-electron chi connectivity index (χ3n) is 5.55. The molecule has 4 amide bonds. The largest absolute Gasteiger partial charge is 0.406 e. The maximum Gasteiger partial charge on any atom is 0.406 e. The van der Waals surface area contributed by atoms with Crippen LogP contribution in [0.3, 0.4) is 0 Å². The van der Waals surface area contributed by atoms with E-state index < -0.39 is 36.2 Å². The van der Waals surface area contributed by atoms with Crippen LogP contribution in [0.15, 0.2) is 0 Å². The van der Waals surface area contributed by atoms with Gasteiger partial charge in [0.05, 0.1) is 6.04 Å². The molecule has 2 saturated heterocycles. The zero-order valence-corrected chi connectivity index (χ0v) is 14.6. The fourth-order valence-electron chi connectivity index (χ4n) is 4.12. The van der Waals surface area contributed by atoms with Crippen LogP contribution < -0.4 is 5.32 Å². The van der Waals surface area contributed by atoms with Crippen LogP contribution in [0.5, 0.6) is 0 Å². The number of alkyl halides is 3. The third kappa shape index (κ3) is 3.51. The molecule has 1 aliphatic carbocycles. The Morgan fingerprint density at radius 3 is 2.50 bits per heavy atom. The standard InChI is InChI=1S/C16H23F3N4O3/c1-21(11-4-7-22(12(11)24)10-16(17,18)19)8-9-23-13(25)15(20-14(23)26)5-2-3-6-15/h11H,2-10H2,1H3,(H,20,26)/t11-/m1/s1. The van der Waals surface area contributed by atoms with E-state index in [4.69, 9.17) is 0 Å². The summed E-state index contributed by atoms with van der Waals surface area (Å²) in [6.45, 7) is -0.831. The molecule has 146 valence electrons. The fourth-order valence-corrected chi connectivity index (χ4v) is 4.12. The summed E-state index contributed by atoms with van der Waals surface area (Å²) < 4.78 is 37.5. The maximum atomic E-state index is 12.6. The summed E-state index contributed by atoms with van der Waals surface area (Å²) in [5.41, 5.74) is -0.775. The summed E-state index contributed by atoms with van der Waals surface area (Å²) in [5.74, 6) is -0.792. The Kier molecular flexibility index (Phi) is 4.89. The second kappa shape index (κ2) is 6.71. The lowest BCUT2D eigenvalue weighted by atomic mass is 9.98. The molecule has 1 atom stereocenters. The summed E-state index contributed by atoms with van der Waals surface area (Å²) in [4.78, 5) is 40.5. The molecule has 1 saturated carbocycles. The first kappa shape index (κ1) is 18.9. The first-order chi connectivity index (χ1) is 12.1. The molecule has 0 aromatic heterocycles. The van der Waals surface area contributed by atoms with E-state index in [-0.39, 0.29) is 25.5 Å². The topological polar surface area (TPSA) is 73.0 Å². The number of hydrogen-bond acceptors (Lipinski definition) is 4. The minimum atomic E-state index is -4.42. The van der Waals surface area contributed by atoms with Crippen LogP contribution in [0, 0.1) is 0 Å². The quantitative estimate of drug-likeness (QED) is 0.725. The molecule has 3 aliphatic rings. The average Bonchev–Trinajstić information content (AvgIpc) is 3.20. The summed E-state index contributed by atoms with van der Waals surface area (Å²) in [6, 6.07) is -1.08. The molecule has 3 fully saturated rings. The molecular formula is C16H23F3N4O3. The molecule has 1 spiro atoms. The van der Waals surface area contributed by atoms with Crippen LogP contribution >= 0.6 is 0 Å². The van der Waals surface area contributed by atoms with Crippen molar-refractivity contribution in [2.75, 3.05) is 33.2 Å². The van der Waals surface area contributed by atoms with Gasteiger partial charge in [0.2, 0.25) is 5.91 Å². The van der Waals surface area contributed by atoms with Crippen LogP contribution in [0.1, 0.15) is 32.1 Å². The second-order valence-corrected chi connectivity index (χ2v) is 7.34. The summed E-state index contributed by atoms with van der Waals surface area (Å²) in [7, 11) is 1.63. The molecule has 10 heteroatoms. The normalized spacial score (nSPS) is 25.9. The number of imide groups is 1. The van der Waals surface area contributed by atoms with Crippen molar-refractivity contribution in [3.63, 3.8) is 0 Å². The van der Waals surface area contributed by atoms with Gasteiger partial charge in [-0.15, -0.1) is 0 Å². The Morgan fingerprint density at radius 2 is 1.88 bits per heavy atom. The predicted octanol–water partition coefficient (Wildman–Crippen LogP) is 0.946. The van der Waals surface area contributed by atoms with E-state index in [0.717, 1.165) is 22.6 Å². The molecule has 3 rings (SSSR count). The van der Waals surface area contributed by atoms with Crippen LogP contribution in [-0.4, -0.2) is 83.5 Å². The van der Waals surface area contributed by atoms with Crippen molar-refractivity contribution in [2.45, 2.75) is 49.9 Å². The Hall–Kier alpha value is -1.84. The van der Waals surface area contributed by atoms with Gasteiger partial charge in [-0.1, -0.05) is 12.8 Å². The van der Waals surface area contributed by atoms with E-state index >= 15 is 0 Å². The minimum absolute atomic E-state index is 0.0552. The van der Waals surface area contributed by atoms with Crippen LogP contribution in [0.4, 0.5) is 18.0 Å². The van der Waals surface area contributed by atoms with E-state index in [2.05, 4.69) is 5.32 Å². The highest BCUT2D eigenvalue weighted by molar-refractivity contribution is 6.07. The average molecular weight is 376 g/mol. The fraction of sp³-hybridized carbons (Fsp3) is 0.812. The van der Waals surface area contributed by atoms with E-state index in [1.54, 1.807) is 11.9 Å². The van der Waals surface area contributed by atoms with Gasteiger partial charge in [-0.05, 0) is 26.3 Å². The van der Waals surface area contributed by atoms with Gasteiger partial charge < -0.3 is 10.2 Å². The summed E-state index contributed by atoms with van der Waals surface area (Å²) in [5, 5.41) is 2.78. The van der Waals surface area contributed by atoms with Gasteiger partial charge in [-0.2, -0.15) is 13.2 Å². The first-order valence-electron chi connectivity index (χ1n) is 8.83. The Morgan fingerprint density at radius 1 is 1.23 bits per heavy atom. The van der Waals surface area contributed by atoms with Gasteiger partial charge >= 0.3 is 12.2 Å². The van der Waals surface area contributed by atoms with E-state index in [0.29, 0.717) is 19.3 Å². The number of carbonyl (C=O) groups is 3. The number of carbonyl (C=O) groups excluding carboxylic acids is 3. The predicted molar refractivity (Wildman–Crippen MR) is 85.1 cm³/mol. The zero-order valence-electron chi connectivity index (χ0n) is 14.6. The van der Waals surface area contributed by atoms with Gasteiger partial charge in [-0.25, -0.2) is 4.79 Å². The Bertz CT molecular complexity index is 604. The van der Waals surface area contributed by atoms with Crippen molar-refractivity contribution in [3.05, 3.63) is 0 Å². The van der Waals surface area contributed by atoms with Gasteiger partial charge in [0.1, 0.15) is 12.1 Å². The monoisotopic (exact) mass is 376 g/mol. The van der Waals surface area contributed by atoms with E-state index in [1.807, 2.05) is 0 Å². The Labute approximate surface area is 149 Å². The zero-order chi connectivity index (χ0) is 19.1. The molecule has 2 heterocycles. The second-order valence-electron chi connectivity index (χ2n) is 7.34. The number of urea groups is 1. The molecule has 7 nitrogen and oxygen atoms in total.